The quantitative estimate of drug-likeness (QED) is 0.854. The number of hydrogen-bond donors (Lipinski definition) is 1. The maximum Gasteiger partial charge on any atom is 0.338 e. The van der Waals surface area contributed by atoms with Crippen molar-refractivity contribution in [1.29, 1.82) is 0 Å². The van der Waals surface area contributed by atoms with E-state index in [9.17, 15) is 9.90 Å². The molecule has 1 aliphatic rings. The molecular weight excluding hydrogens is 300 g/mol. The molecule has 1 aliphatic heterocycles. The van der Waals surface area contributed by atoms with Crippen LogP contribution in [0.4, 0.5) is 0 Å². The molecule has 1 fully saturated rings. The molecular formula is C16H18N2O3S. The number of para-hydroxylation sites is 1. The zero-order valence-corrected chi connectivity index (χ0v) is 13.0. The second kappa shape index (κ2) is 7.09. The van der Waals surface area contributed by atoms with Crippen LogP contribution < -0.4 is 0 Å². The summed E-state index contributed by atoms with van der Waals surface area (Å²) < 4.78 is 5.32. The van der Waals surface area contributed by atoms with Crippen LogP contribution in [-0.2, 0) is 4.74 Å². The van der Waals surface area contributed by atoms with E-state index < -0.39 is 5.97 Å². The highest BCUT2D eigenvalue weighted by atomic mass is 32.2. The number of aromatic nitrogens is 1. The van der Waals surface area contributed by atoms with Gasteiger partial charge in [-0.05, 0) is 12.1 Å². The highest BCUT2D eigenvalue weighted by molar-refractivity contribution is 7.99. The van der Waals surface area contributed by atoms with Crippen molar-refractivity contribution in [3.05, 3.63) is 35.9 Å². The van der Waals surface area contributed by atoms with Gasteiger partial charge in [-0.25, -0.2) is 9.78 Å². The van der Waals surface area contributed by atoms with E-state index in [1.807, 2.05) is 24.3 Å². The standard InChI is InChI=1S/C16H18N2O3S/c19-16(20)13-11-12-3-1-2-4-14(12)17-15(13)22-10-7-18-5-8-21-9-6-18/h1-4,11H,5-10H2,(H,19,20). The molecule has 1 aromatic carbocycles. The Bertz CT molecular complexity index is 671. The molecule has 1 saturated heterocycles. The van der Waals surface area contributed by atoms with E-state index in [2.05, 4.69) is 9.88 Å². The van der Waals surface area contributed by atoms with Crippen LogP contribution in [0.2, 0.25) is 0 Å². The first-order valence-electron chi connectivity index (χ1n) is 7.30. The summed E-state index contributed by atoms with van der Waals surface area (Å²) >= 11 is 1.51. The topological polar surface area (TPSA) is 62.7 Å². The molecule has 1 N–H and O–H groups in total. The molecule has 6 heteroatoms. The summed E-state index contributed by atoms with van der Waals surface area (Å²) in [6, 6.07) is 9.31. The lowest BCUT2D eigenvalue weighted by Crippen LogP contribution is -2.37. The second-order valence-electron chi connectivity index (χ2n) is 5.14. The van der Waals surface area contributed by atoms with Crippen molar-refractivity contribution in [2.45, 2.75) is 5.03 Å². The molecule has 2 heterocycles. The molecule has 0 saturated carbocycles. The number of thioether (sulfide) groups is 1. The number of morpholine rings is 1. The summed E-state index contributed by atoms with van der Waals surface area (Å²) in [6.07, 6.45) is 0. The van der Waals surface area contributed by atoms with E-state index in [0.29, 0.717) is 5.03 Å². The van der Waals surface area contributed by atoms with E-state index in [0.717, 1.165) is 49.5 Å². The molecule has 116 valence electrons. The predicted octanol–water partition coefficient (Wildman–Crippen LogP) is 2.36. The van der Waals surface area contributed by atoms with Crippen molar-refractivity contribution in [2.75, 3.05) is 38.6 Å². The molecule has 0 amide bonds. The molecule has 3 rings (SSSR count). The number of ether oxygens (including phenoxy) is 1. The fraction of sp³-hybridized carbons (Fsp3) is 0.375. The molecule has 0 spiro atoms. The number of carboxylic acid groups (broad SMARTS) is 1. The molecule has 0 unspecified atom stereocenters. The van der Waals surface area contributed by atoms with E-state index >= 15 is 0 Å². The van der Waals surface area contributed by atoms with Gasteiger partial charge in [-0.1, -0.05) is 18.2 Å². The number of nitrogens with zero attached hydrogens (tertiary/aromatic N) is 2. The third-order valence-corrected chi connectivity index (χ3v) is 4.64. The molecule has 0 bridgehead atoms. The Kier molecular flexibility index (Phi) is 4.92. The highest BCUT2D eigenvalue weighted by Gasteiger charge is 2.15. The number of carboxylic acids is 1. The van der Waals surface area contributed by atoms with Crippen molar-refractivity contribution >= 4 is 28.6 Å². The van der Waals surface area contributed by atoms with Crippen LogP contribution in [0.15, 0.2) is 35.4 Å². The number of rotatable bonds is 5. The van der Waals surface area contributed by atoms with E-state index in [1.165, 1.54) is 11.8 Å². The largest absolute Gasteiger partial charge is 0.478 e. The van der Waals surface area contributed by atoms with Crippen LogP contribution >= 0.6 is 11.8 Å². The number of hydrogen-bond acceptors (Lipinski definition) is 5. The lowest BCUT2D eigenvalue weighted by molar-refractivity contribution is 0.0410. The first kappa shape index (κ1) is 15.3. The van der Waals surface area contributed by atoms with E-state index in [1.54, 1.807) is 6.07 Å². The summed E-state index contributed by atoms with van der Waals surface area (Å²) in [5.74, 6) is -0.0989. The average molecular weight is 318 g/mol. The molecule has 22 heavy (non-hydrogen) atoms. The average Bonchev–Trinajstić information content (AvgIpc) is 2.55. The van der Waals surface area contributed by atoms with Crippen LogP contribution in [0.1, 0.15) is 10.4 Å². The first-order chi connectivity index (χ1) is 10.7. The number of aromatic carboxylic acids is 1. The van der Waals surface area contributed by atoms with Crippen molar-refractivity contribution in [2.24, 2.45) is 0 Å². The van der Waals surface area contributed by atoms with Gasteiger partial charge in [0, 0.05) is 30.8 Å². The Morgan fingerprint density at radius 1 is 1.32 bits per heavy atom. The van der Waals surface area contributed by atoms with Crippen LogP contribution in [0.25, 0.3) is 10.9 Å². The minimum Gasteiger partial charge on any atom is -0.478 e. The lowest BCUT2D eigenvalue weighted by atomic mass is 10.1. The number of carbonyl (C=O) groups is 1. The zero-order chi connectivity index (χ0) is 15.4. The Hall–Kier alpha value is -1.63. The zero-order valence-electron chi connectivity index (χ0n) is 12.2. The van der Waals surface area contributed by atoms with Crippen LogP contribution in [0.3, 0.4) is 0 Å². The van der Waals surface area contributed by atoms with Gasteiger partial charge in [0.05, 0.1) is 24.3 Å². The first-order valence-corrected chi connectivity index (χ1v) is 8.28. The van der Waals surface area contributed by atoms with Crippen molar-refractivity contribution in [3.8, 4) is 0 Å². The predicted molar refractivity (Wildman–Crippen MR) is 86.7 cm³/mol. The highest BCUT2D eigenvalue weighted by Crippen LogP contribution is 2.25. The van der Waals surface area contributed by atoms with Gasteiger partial charge in [0.1, 0.15) is 5.03 Å². The van der Waals surface area contributed by atoms with Gasteiger partial charge < -0.3 is 9.84 Å². The third kappa shape index (κ3) is 3.58. The van der Waals surface area contributed by atoms with Crippen molar-refractivity contribution in [3.63, 3.8) is 0 Å². The van der Waals surface area contributed by atoms with Gasteiger partial charge in [-0.3, -0.25) is 4.90 Å². The van der Waals surface area contributed by atoms with Crippen molar-refractivity contribution < 1.29 is 14.6 Å². The minimum atomic E-state index is -0.924. The van der Waals surface area contributed by atoms with Gasteiger partial charge in [0.25, 0.3) is 0 Å². The Morgan fingerprint density at radius 2 is 2.09 bits per heavy atom. The van der Waals surface area contributed by atoms with Crippen LogP contribution in [0.5, 0.6) is 0 Å². The molecule has 2 aromatic rings. The van der Waals surface area contributed by atoms with E-state index in [4.69, 9.17) is 4.74 Å². The normalized spacial score (nSPS) is 16.0. The number of pyridine rings is 1. The fourth-order valence-corrected chi connectivity index (χ4v) is 3.47. The second-order valence-corrected chi connectivity index (χ2v) is 6.23. The Labute approximate surface area is 133 Å². The Morgan fingerprint density at radius 3 is 2.86 bits per heavy atom. The molecule has 1 aromatic heterocycles. The van der Waals surface area contributed by atoms with Crippen molar-refractivity contribution in [1.82, 2.24) is 9.88 Å². The fourth-order valence-electron chi connectivity index (χ4n) is 2.46. The summed E-state index contributed by atoms with van der Waals surface area (Å²) in [6.45, 7) is 4.36. The molecule has 0 aliphatic carbocycles. The van der Waals surface area contributed by atoms with Crippen LogP contribution in [0, 0.1) is 0 Å². The van der Waals surface area contributed by atoms with Crippen LogP contribution in [-0.4, -0.2) is 59.6 Å². The molecule has 0 radical (unpaired) electrons. The lowest BCUT2D eigenvalue weighted by Gasteiger charge is -2.26. The molecule has 5 nitrogen and oxygen atoms in total. The maximum absolute atomic E-state index is 11.4. The number of fused-ring (bicyclic) bond motifs is 1. The van der Waals surface area contributed by atoms with Gasteiger partial charge in [0.15, 0.2) is 0 Å². The summed E-state index contributed by atoms with van der Waals surface area (Å²) in [4.78, 5) is 18.3. The van der Waals surface area contributed by atoms with E-state index in [-0.39, 0.29) is 5.56 Å². The minimum absolute atomic E-state index is 0.283. The van der Waals surface area contributed by atoms with Gasteiger partial charge in [0.2, 0.25) is 0 Å². The number of benzene rings is 1. The summed E-state index contributed by atoms with van der Waals surface area (Å²) in [5.41, 5.74) is 1.12. The molecule has 0 atom stereocenters. The van der Waals surface area contributed by atoms with Gasteiger partial charge in [-0.2, -0.15) is 0 Å². The van der Waals surface area contributed by atoms with Gasteiger partial charge >= 0.3 is 5.97 Å². The monoisotopic (exact) mass is 318 g/mol. The summed E-state index contributed by atoms with van der Waals surface area (Å²) in [7, 11) is 0. The SMILES string of the molecule is O=C(O)c1cc2ccccc2nc1SCCN1CCOCC1. The van der Waals surface area contributed by atoms with Gasteiger partial charge in [-0.15, -0.1) is 11.8 Å². The maximum atomic E-state index is 11.4. The smallest absolute Gasteiger partial charge is 0.338 e. The third-order valence-electron chi connectivity index (χ3n) is 3.67. The Balaban J connectivity index is 1.73. The summed E-state index contributed by atoms with van der Waals surface area (Å²) in [5, 5.41) is 10.8.